The molecule has 0 aliphatic carbocycles. The van der Waals surface area contributed by atoms with E-state index in [1.165, 1.54) is 10.4 Å². The molecule has 0 bridgehead atoms. The largest absolute Gasteiger partial charge is 0.493 e. The zero-order valence-corrected chi connectivity index (χ0v) is 10.4. The highest BCUT2D eigenvalue weighted by Gasteiger charge is 2.08. The quantitative estimate of drug-likeness (QED) is 0.805. The Bertz CT molecular complexity index is 488. The fourth-order valence-corrected chi connectivity index (χ4v) is 2.41. The van der Waals surface area contributed by atoms with Gasteiger partial charge in [-0.1, -0.05) is 6.07 Å². The van der Waals surface area contributed by atoms with E-state index in [4.69, 9.17) is 9.47 Å². The third kappa shape index (κ3) is 1.91. The molecule has 1 aromatic carbocycles. The van der Waals surface area contributed by atoms with Gasteiger partial charge in [0.1, 0.15) is 0 Å². The lowest BCUT2D eigenvalue weighted by atomic mass is 10.1. The highest BCUT2D eigenvalue weighted by Crippen LogP contribution is 2.34. The summed E-state index contributed by atoms with van der Waals surface area (Å²) in [4.78, 5) is 1.31. The number of hydrogen-bond donors (Lipinski definition) is 0. The molecule has 0 unspecified atom stereocenters. The molecule has 0 saturated carbocycles. The van der Waals surface area contributed by atoms with E-state index in [9.17, 15) is 0 Å². The van der Waals surface area contributed by atoms with Crippen LogP contribution in [0.15, 0.2) is 29.6 Å². The van der Waals surface area contributed by atoms with E-state index >= 15 is 0 Å². The van der Waals surface area contributed by atoms with E-state index in [-0.39, 0.29) is 0 Å². The molecule has 0 saturated heterocycles. The minimum absolute atomic E-state index is 0.763. The first-order valence-corrected chi connectivity index (χ1v) is 5.90. The highest BCUT2D eigenvalue weighted by atomic mass is 32.1. The Kier molecular flexibility index (Phi) is 3.15. The summed E-state index contributed by atoms with van der Waals surface area (Å²) in [5.74, 6) is 1.53. The van der Waals surface area contributed by atoms with E-state index in [2.05, 4.69) is 24.4 Å². The number of benzene rings is 1. The van der Waals surface area contributed by atoms with Gasteiger partial charge < -0.3 is 9.47 Å². The molecule has 2 nitrogen and oxygen atoms in total. The van der Waals surface area contributed by atoms with Gasteiger partial charge in [0.25, 0.3) is 0 Å². The first-order chi connectivity index (χ1) is 7.76. The van der Waals surface area contributed by atoms with Crippen molar-refractivity contribution in [1.29, 1.82) is 0 Å². The smallest absolute Gasteiger partial charge is 0.161 e. The van der Waals surface area contributed by atoms with Crippen LogP contribution in [0.2, 0.25) is 0 Å². The lowest BCUT2D eigenvalue weighted by Gasteiger charge is -2.09. The van der Waals surface area contributed by atoms with E-state index < -0.39 is 0 Å². The van der Waals surface area contributed by atoms with Crippen LogP contribution in [0, 0.1) is 6.92 Å². The van der Waals surface area contributed by atoms with Gasteiger partial charge in [0.2, 0.25) is 0 Å². The van der Waals surface area contributed by atoms with Crippen molar-refractivity contribution in [2.24, 2.45) is 0 Å². The van der Waals surface area contributed by atoms with Crippen LogP contribution in [-0.4, -0.2) is 14.2 Å². The average Bonchev–Trinajstić information content (AvgIpc) is 2.74. The minimum atomic E-state index is 0.763. The van der Waals surface area contributed by atoms with Gasteiger partial charge in [-0.2, -0.15) is 0 Å². The first kappa shape index (κ1) is 11.0. The Morgan fingerprint density at radius 2 is 1.75 bits per heavy atom. The van der Waals surface area contributed by atoms with E-state index in [1.54, 1.807) is 25.6 Å². The number of rotatable bonds is 3. The van der Waals surface area contributed by atoms with Crippen molar-refractivity contribution in [2.75, 3.05) is 14.2 Å². The van der Waals surface area contributed by atoms with Crippen LogP contribution in [-0.2, 0) is 0 Å². The van der Waals surface area contributed by atoms with Crippen LogP contribution < -0.4 is 9.47 Å². The Balaban J connectivity index is 2.48. The monoisotopic (exact) mass is 234 g/mol. The van der Waals surface area contributed by atoms with Crippen LogP contribution >= 0.6 is 11.3 Å². The molecule has 84 valence electrons. The van der Waals surface area contributed by atoms with Crippen molar-refractivity contribution in [2.45, 2.75) is 6.92 Å². The normalized spacial score (nSPS) is 10.2. The number of methoxy groups -OCH3 is 2. The van der Waals surface area contributed by atoms with Gasteiger partial charge >= 0.3 is 0 Å². The molecule has 2 aromatic rings. The average molecular weight is 234 g/mol. The number of hydrogen-bond acceptors (Lipinski definition) is 3. The van der Waals surface area contributed by atoms with Gasteiger partial charge in [0, 0.05) is 4.88 Å². The number of thiophene rings is 1. The maximum absolute atomic E-state index is 5.29. The van der Waals surface area contributed by atoms with Crippen LogP contribution in [0.1, 0.15) is 4.88 Å². The molecular weight excluding hydrogens is 220 g/mol. The molecule has 16 heavy (non-hydrogen) atoms. The van der Waals surface area contributed by atoms with Crippen LogP contribution in [0.25, 0.3) is 11.1 Å². The summed E-state index contributed by atoms with van der Waals surface area (Å²) in [6, 6.07) is 8.12. The second kappa shape index (κ2) is 4.58. The summed E-state index contributed by atoms with van der Waals surface area (Å²) in [6.45, 7) is 2.12. The molecule has 3 heteroatoms. The summed E-state index contributed by atoms with van der Waals surface area (Å²) in [5.41, 5.74) is 2.42. The molecule has 0 atom stereocenters. The van der Waals surface area contributed by atoms with Gasteiger partial charge in [-0.3, -0.25) is 0 Å². The molecule has 1 aromatic heterocycles. The van der Waals surface area contributed by atoms with E-state index in [0.717, 1.165) is 17.1 Å². The van der Waals surface area contributed by atoms with Crippen LogP contribution in [0.3, 0.4) is 0 Å². The van der Waals surface area contributed by atoms with Gasteiger partial charge in [0.15, 0.2) is 11.5 Å². The Morgan fingerprint density at radius 3 is 2.31 bits per heavy atom. The van der Waals surface area contributed by atoms with Crippen molar-refractivity contribution < 1.29 is 9.47 Å². The van der Waals surface area contributed by atoms with Crippen LogP contribution in [0.4, 0.5) is 0 Å². The number of aryl methyl sites for hydroxylation is 1. The topological polar surface area (TPSA) is 18.5 Å². The minimum Gasteiger partial charge on any atom is -0.493 e. The summed E-state index contributed by atoms with van der Waals surface area (Å²) in [5, 5.41) is 2.10. The Morgan fingerprint density at radius 1 is 1.00 bits per heavy atom. The van der Waals surface area contributed by atoms with Gasteiger partial charge in [-0.25, -0.2) is 0 Å². The molecule has 0 aliphatic heterocycles. The first-order valence-electron chi connectivity index (χ1n) is 5.02. The third-order valence-corrected chi connectivity index (χ3v) is 3.40. The fraction of sp³-hybridized carbons (Fsp3) is 0.231. The van der Waals surface area contributed by atoms with Crippen molar-refractivity contribution in [3.05, 3.63) is 34.5 Å². The molecule has 0 N–H and O–H groups in total. The molecule has 0 aliphatic rings. The maximum atomic E-state index is 5.29. The molecule has 0 amide bonds. The standard InChI is InChI=1S/C13H14O2S/c1-9-11(6-7-16-9)10-4-5-12(14-2)13(8-10)15-3/h4-8H,1-3H3. The fourth-order valence-electron chi connectivity index (χ4n) is 1.69. The van der Waals surface area contributed by atoms with Gasteiger partial charge in [-0.05, 0) is 41.6 Å². The van der Waals surface area contributed by atoms with E-state index in [1.807, 2.05) is 12.1 Å². The predicted molar refractivity (Wildman–Crippen MR) is 67.6 cm³/mol. The van der Waals surface area contributed by atoms with Crippen molar-refractivity contribution in [1.82, 2.24) is 0 Å². The molecule has 0 fully saturated rings. The Hall–Kier alpha value is -1.48. The molecule has 2 rings (SSSR count). The summed E-state index contributed by atoms with van der Waals surface area (Å²) in [7, 11) is 3.30. The molecular formula is C13H14O2S. The SMILES string of the molecule is COc1ccc(-c2ccsc2C)cc1OC. The van der Waals surface area contributed by atoms with E-state index in [0.29, 0.717) is 0 Å². The van der Waals surface area contributed by atoms with Crippen molar-refractivity contribution in [3.8, 4) is 22.6 Å². The molecule has 0 radical (unpaired) electrons. The zero-order chi connectivity index (χ0) is 11.5. The third-order valence-electron chi connectivity index (χ3n) is 2.55. The van der Waals surface area contributed by atoms with Crippen molar-refractivity contribution in [3.63, 3.8) is 0 Å². The number of ether oxygens (including phenoxy) is 2. The predicted octanol–water partition coefficient (Wildman–Crippen LogP) is 3.74. The summed E-state index contributed by atoms with van der Waals surface area (Å²) >= 11 is 1.75. The summed E-state index contributed by atoms with van der Waals surface area (Å²) in [6.07, 6.45) is 0. The zero-order valence-electron chi connectivity index (χ0n) is 9.61. The van der Waals surface area contributed by atoms with Gasteiger partial charge in [0.05, 0.1) is 14.2 Å². The maximum Gasteiger partial charge on any atom is 0.161 e. The summed E-state index contributed by atoms with van der Waals surface area (Å²) < 4.78 is 10.5. The Labute approximate surface area is 99.5 Å². The lowest BCUT2D eigenvalue weighted by molar-refractivity contribution is 0.355. The lowest BCUT2D eigenvalue weighted by Crippen LogP contribution is -1.90. The van der Waals surface area contributed by atoms with Gasteiger partial charge in [-0.15, -0.1) is 11.3 Å². The van der Waals surface area contributed by atoms with Crippen molar-refractivity contribution >= 4 is 11.3 Å². The second-order valence-corrected chi connectivity index (χ2v) is 4.58. The highest BCUT2D eigenvalue weighted by molar-refractivity contribution is 7.10. The van der Waals surface area contributed by atoms with Crippen LogP contribution in [0.5, 0.6) is 11.5 Å². The molecule has 0 spiro atoms. The second-order valence-electron chi connectivity index (χ2n) is 3.46. The molecule has 1 heterocycles.